The van der Waals surface area contributed by atoms with Crippen LogP contribution in [0.2, 0.25) is 0 Å². The smallest absolute Gasteiger partial charge is 0.142 e. The van der Waals surface area contributed by atoms with Crippen LogP contribution in [0.5, 0.6) is 0 Å². The van der Waals surface area contributed by atoms with E-state index in [4.69, 9.17) is 0 Å². The Labute approximate surface area is 94.3 Å². The minimum atomic E-state index is 0.920. The first kappa shape index (κ1) is 14.2. The summed E-state index contributed by atoms with van der Waals surface area (Å²) in [4.78, 5) is 10.5. The van der Waals surface area contributed by atoms with E-state index in [2.05, 4.69) is 26.8 Å². The number of carbonyl (C=O) groups excluding carboxylic acids is 1. The molecule has 0 aromatic carbocycles. The summed E-state index contributed by atoms with van der Waals surface area (Å²) < 4.78 is 0. The maximum Gasteiger partial charge on any atom is 0.142 e. The molecular formula is C14H24O. The number of rotatable bonds is 8. The van der Waals surface area contributed by atoms with E-state index < -0.39 is 0 Å². The molecule has 15 heavy (non-hydrogen) atoms. The van der Waals surface area contributed by atoms with E-state index in [1.807, 2.05) is 0 Å². The highest BCUT2D eigenvalue weighted by Crippen LogP contribution is 2.15. The Kier molecular flexibility index (Phi) is 9.15. The second-order valence-corrected chi connectivity index (χ2v) is 4.24. The van der Waals surface area contributed by atoms with Crippen molar-refractivity contribution < 1.29 is 4.79 Å². The van der Waals surface area contributed by atoms with E-state index in [-0.39, 0.29) is 0 Å². The van der Waals surface area contributed by atoms with Gasteiger partial charge in [-0.2, -0.15) is 0 Å². The molecule has 0 aromatic heterocycles. The highest BCUT2D eigenvalue weighted by molar-refractivity contribution is 5.66. The molecule has 0 unspecified atom stereocenters. The highest BCUT2D eigenvalue weighted by Gasteiger charge is 1.96. The van der Waals surface area contributed by atoms with Crippen LogP contribution in [-0.2, 0) is 4.79 Å². The van der Waals surface area contributed by atoms with Gasteiger partial charge in [0, 0.05) is 0 Å². The van der Waals surface area contributed by atoms with Crippen LogP contribution in [0.25, 0.3) is 0 Å². The zero-order valence-corrected chi connectivity index (χ0v) is 10.4. The molecule has 1 nitrogen and oxygen atoms in total. The van der Waals surface area contributed by atoms with Crippen LogP contribution < -0.4 is 0 Å². The van der Waals surface area contributed by atoms with E-state index in [0.29, 0.717) is 0 Å². The lowest BCUT2D eigenvalue weighted by atomic mass is 10.0. The summed E-state index contributed by atoms with van der Waals surface area (Å²) in [5.41, 5.74) is 2.66. The fraction of sp³-hybridized carbons (Fsp3) is 0.643. The molecule has 0 saturated heterocycles. The lowest BCUT2D eigenvalue weighted by Crippen LogP contribution is -1.86. The first-order chi connectivity index (χ1) is 7.20. The van der Waals surface area contributed by atoms with Crippen LogP contribution in [0.15, 0.2) is 23.3 Å². The van der Waals surface area contributed by atoms with Crippen molar-refractivity contribution in [2.45, 2.75) is 59.3 Å². The van der Waals surface area contributed by atoms with Crippen molar-refractivity contribution in [2.75, 3.05) is 0 Å². The van der Waals surface area contributed by atoms with Crippen LogP contribution >= 0.6 is 0 Å². The fourth-order valence-corrected chi connectivity index (χ4v) is 1.54. The summed E-state index contributed by atoms with van der Waals surface area (Å²) in [6, 6.07) is 0. The Morgan fingerprint density at radius 2 is 1.87 bits per heavy atom. The van der Waals surface area contributed by atoms with Crippen LogP contribution in [0, 0.1) is 0 Å². The molecule has 86 valence electrons. The number of aldehydes is 1. The Hall–Kier alpha value is -0.850. The maximum absolute atomic E-state index is 10.5. The van der Waals surface area contributed by atoms with Crippen LogP contribution in [0.1, 0.15) is 59.3 Å². The molecule has 0 heterocycles. The summed E-state index contributed by atoms with van der Waals surface area (Å²) >= 11 is 0. The predicted octanol–water partition coefficient (Wildman–Crippen LogP) is 4.44. The Balaban J connectivity index is 3.89. The molecule has 0 rings (SSSR count). The quantitative estimate of drug-likeness (QED) is 0.249. The topological polar surface area (TPSA) is 17.1 Å². The van der Waals surface area contributed by atoms with Gasteiger partial charge in [0.25, 0.3) is 0 Å². The summed E-state index contributed by atoms with van der Waals surface area (Å²) in [6.45, 7) is 6.42. The van der Waals surface area contributed by atoms with Gasteiger partial charge in [0.15, 0.2) is 0 Å². The number of carbonyl (C=O) groups is 1. The summed E-state index contributed by atoms with van der Waals surface area (Å²) in [5, 5.41) is 0. The summed E-state index contributed by atoms with van der Waals surface area (Å²) in [7, 11) is 0. The minimum Gasteiger partial charge on any atom is -0.299 e. The minimum absolute atomic E-state index is 0.920. The number of hydrogen-bond donors (Lipinski definition) is 0. The summed E-state index contributed by atoms with van der Waals surface area (Å²) in [5.74, 6) is 0. The summed E-state index contributed by atoms with van der Waals surface area (Å²) in [6.07, 6.45) is 11.8. The van der Waals surface area contributed by atoms with Crippen molar-refractivity contribution in [1.82, 2.24) is 0 Å². The lowest BCUT2D eigenvalue weighted by Gasteiger charge is -2.04. The molecule has 0 aliphatic heterocycles. The van der Waals surface area contributed by atoms with Crippen molar-refractivity contribution >= 4 is 6.29 Å². The molecular weight excluding hydrogens is 184 g/mol. The lowest BCUT2D eigenvalue weighted by molar-refractivity contribution is -0.104. The van der Waals surface area contributed by atoms with Crippen LogP contribution in [0.3, 0.4) is 0 Å². The van der Waals surface area contributed by atoms with E-state index in [1.54, 1.807) is 6.08 Å². The molecule has 0 saturated carbocycles. The largest absolute Gasteiger partial charge is 0.299 e. The molecule has 0 N–H and O–H groups in total. The third-order valence-electron chi connectivity index (χ3n) is 2.42. The zero-order chi connectivity index (χ0) is 11.5. The number of unbranched alkanes of at least 4 members (excludes halogenated alkanes) is 2. The van der Waals surface area contributed by atoms with Gasteiger partial charge in [0.1, 0.15) is 6.29 Å². The monoisotopic (exact) mass is 208 g/mol. The average Bonchev–Trinajstić information content (AvgIpc) is 2.17. The number of hydrogen-bond acceptors (Lipinski definition) is 1. The Morgan fingerprint density at radius 3 is 2.40 bits per heavy atom. The van der Waals surface area contributed by atoms with Gasteiger partial charge < -0.3 is 0 Å². The zero-order valence-electron chi connectivity index (χ0n) is 10.4. The van der Waals surface area contributed by atoms with Gasteiger partial charge in [-0.1, -0.05) is 37.0 Å². The van der Waals surface area contributed by atoms with Gasteiger partial charge in [-0.3, -0.25) is 4.79 Å². The second kappa shape index (κ2) is 9.70. The van der Waals surface area contributed by atoms with Crippen molar-refractivity contribution in [3.05, 3.63) is 23.3 Å². The van der Waals surface area contributed by atoms with E-state index in [0.717, 1.165) is 25.5 Å². The second-order valence-electron chi connectivity index (χ2n) is 4.24. The predicted molar refractivity (Wildman–Crippen MR) is 67.0 cm³/mol. The third kappa shape index (κ3) is 9.45. The number of allylic oxidation sites excluding steroid dienone is 4. The maximum atomic E-state index is 10.5. The standard InChI is InChI=1S/C14H24O/c1-4-5-6-9-14(11-12-15)10-7-8-13(2)3/h8,11-12H,4-7,9-10H2,1-3H3/b14-11+. The third-order valence-corrected chi connectivity index (χ3v) is 2.42. The fourth-order valence-electron chi connectivity index (χ4n) is 1.54. The van der Waals surface area contributed by atoms with E-state index in [1.165, 1.54) is 30.4 Å². The first-order valence-electron chi connectivity index (χ1n) is 5.97. The van der Waals surface area contributed by atoms with Crippen molar-refractivity contribution in [1.29, 1.82) is 0 Å². The van der Waals surface area contributed by atoms with E-state index in [9.17, 15) is 4.79 Å². The first-order valence-corrected chi connectivity index (χ1v) is 5.97. The van der Waals surface area contributed by atoms with Gasteiger partial charge in [0.05, 0.1) is 0 Å². The Bertz CT molecular complexity index is 219. The van der Waals surface area contributed by atoms with Crippen molar-refractivity contribution in [3.63, 3.8) is 0 Å². The molecule has 0 spiro atoms. The van der Waals surface area contributed by atoms with Crippen molar-refractivity contribution in [3.8, 4) is 0 Å². The molecule has 0 fully saturated rings. The van der Waals surface area contributed by atoms with Gasteiger partial charge in [-0.15, -0.1) is 0 Å². The molecule has 1 heteroatoms. The molecule has 0 bridgehead atoms. The van der Waals surface area contributed by atoms with Gasteiger partial charge in [-0.05, 0) is 45.6 Å². The average molecular weight is 208 g/mol. The van der Waals surface area contributed by atoms with Gasteiger partial charge in [0.2, 0.25) is 0 Å². The Morgan fingerprint density at radius 1 is 1.13 bits per heavy atom. The van der Waals surface area contributed by atoms with E-state index >= 15 is 0 Å². The SMILES string of the molecule is CCCCC/C(=C\C=O)CCC=C(C)C. The molecule has 0 radical (unpaired) electrons. The van der Waals surface area contributed by atoms with Crippen LogP contribution in [-0.4, -0.2) is 6.29 Å². The molecule has 0 aliphatic rings. The molecule has 0 amide bonds. The van der Waals surface area contributed by atoms with Gasteiger partial charge >= 0.3 is 0 Å². The van der Waals surface area contributed by atoms with Gasteiger partial charge in [-0.25, -0.2) is 0 Å². The highest BCUT2D eigenvalue weighted by atomic mass is 16.1. The molecule has 0 aliphatic carbocycles. The molecule has 0 atom stereocenters. The van der Waals surface area contributed by atoms with Crippen molar-refractivity contribution in [2.24, 2.45) is 0 Å². The normalized spacial score (nSPS) is 11.3. The van der Waals surface area contributed by atoms with Crippen LogP contribution in [0.4, 0.5) is 0 Å². The molecule has 0 aromatic rings.